The molecule has 0 aliphatic carbocycles. The lowest BCUT2D eigenvalue weighted by atomic mass is 9.79. The highest BCUT2D eigenvalue weighted by Gasteiger charge is 2.32. The molecule has 8 nitrogen and oxygen atoms in total. The van der Waals surface area contributed by atoms with Crippen LogP contribution in [0.25, 0.3) is 0 Å². The van der Waals surface area contributed by atoms with Crippen LogP contribution < -0.4 is 9.03 Å². The zero-order chi connectivity index (χ0) is 26.2. The first-order chi connectivity index (χ1) is 16.1. The first-order valence-corrected chi connectivity index (χ1v) is 13.7. The molecule has 1 aromatic carbocycles. The van der Waals surface area contributed by atoms with E-state index in [0.29, 0.717) is 5.69 Å². The van der Waals surface area contributed by atoms with E-state index in [1.807, 2.05) is 19.2 Å². The van der Waals surface area contributed by atoms with Gasteiger partial charge in [0.25, 0.3) is 0 Å². The molecule has 0 unspecified atom stereocenters. The minimum Gasteiger partial charge on any atom is -0.302 e. The molecule has 1 aliphatic rings. The summed E-state index contributed by atoms with van der Waals surface area (Å²) in [4.78, 5) is 15.2. The van der Waals surface area contributed by atoms with Crippen molar-refractivity contribution in [3.05, 3.63) is 47.3 Å². The van der Waals surface area contributed by atoms with Gasteiger partial charge in [-0.2, -0.15) is 13.5 Å². The Kier molecular flexibility index (Phi) is 7.72. The van der Waals surface area contributed by atoms with Gasteiger partial charge in [0.1, 0.15) is 0 Å². The van der Waals surface area contributed by atoms with Gasteiger partial charge in [-0.3, -0.25) is 9.48 Å². The molecule has 1 atom stereocenters. The molecule has 194 valence electrons. The first-order valence-electron chi connectivity index (χ1n) is 12.2. The number of hydrogen-bond acceptors (Lipinski definition) is 5. The van der Waals surface area contributed by atoms with Crippen LogP contribution >= 0.6 is 0 Å². The van der Waals surface area contributed by atoms with Crippen LogP contribution in [0.1, 0.15) is 71.1 Å². The van der Waals surface area contributed by atoms with Crippen molar-refractivity contribution >= 4 is 21.8 Å². The van der Waals surface area contributed by atoms with Gasteiger partial charge in [-0.05, 0) is 54.0 Å². The molecule has 2 heterocycles. The van der Waals surface area contributed by atoms with Crippen molar-refractivity contribution in [2.45, 2.75) is 77.7 Å². The van der Waals surface area contributed by atoms with Crippen LogP contribution in [0.5, 0.6) is 0 Å². The third-order valence-corrected chi connectivity index (χ3v) is 8.08. The van der Waals surface area contributed by atoms with Crippen molar-refractivity contribution in [3.8, 4) is 0 Å². The summed E-state index contributed by atoms with van der Waals surface area (Å²) in [5.41, 5.74) is 3.30. The maximum atomic E-state index is 13.4. The summed E-state index contributed by atoms with van der Waals surface area (Å²) >= 11 is 0. The SMILES string of the molecule is CN1CCC[C@H]1CN(c1cnn(C)c1)S(=O)(=O)NC(=O)Cc1cc(C(C)(C)C)cc(C(C)(C)C)c1. The minimum atomic E-state index is -4.12. The molecule has 35 heavy (non-hydrogen) atoms. The molecule has 1 fully saturated rings. The van der Waals surface area contributed by atoms with Gasteiger partial charge >= 0.3 is 10.2 Å². The van der Waals surface area contributed by atoms with Crippen molar-refractivity contribution < 1.29 is 13.2 Å². The lowest BCUT2D eigenvalue weighted by Crippen LogP contribution is -2.48. The van der Waals surface area contributed by atoms with Gasteiger partial charge in [0.05, 0.1) is 24.8 Å². The Balaban J connectivity index is 1.85. The molecule has 0 bridgehead atoms. The van der Waals surface area contributed by atoms with Gasteiger partial charge in [-0.15, -0.1) is 0 Å². The Hall–Kier alpha value is -2.39. The Bertz CT molecular complexity index is 1130. The molecule has 2 aromatic rings. The second-order valence-electron chi connectivity index (χ2n) is 11.8. The maximum Gasteiger partial charge on any atom is 0.326 e. The van der Waals surface area contributed by atoms with Crippen LogP contribution in [0.3, 0.4) is 0 Å². The zero-order valence-corrected chi connectivity index (χ0v) is 23.2. The van der Waals surface area contributed by atoms with Crippen molar-refractivity contribution in [1.82, 2.24) is 19.4 Å². The molecule has 0 spiro atoms. The fourth-order valence-corrected chi connectivity index (χ4v) is 5.57. The number of likely N-dealkylation sites (tertiary alicyclic amines) is 1. The number of carbonyl (C=O) groups is 1. The summed E-state index contributed by atoms with van der Waals surface area (Å²) in [6, 6.07) is 6.28. The highest BCUT2D eigenvalue weighted by atomic mass is 32.2. The molecule has 1 aliphatic heterocycles. The van der Waals surface area contributed by atoms with Crippen LogP contribution in [0, 0.1) is 0 Å². The lowest BCUT2D eigenvalue weighted by molar-refractivity contribution is -0.118. The van der Waals surface area contributed by atoms with E-state index in [1.165, 1.54) is 10.5 Å². The molecule has 3 rings (SSSR count). The van der Waals surface area contributed by atoms with Crippen LogP contribution in [0.4, 0.5) is 5.69 Å². The van der Waals surface area contributed by atoms with Crippen molar-refractivity contribution in [2.24, 2.45) is 7.05 Å². The second kappa shape index (κ2) is 9.93. The number of nitrogens with one attached hydrogen (secondary N) is 1. The molecule has 1 amide bonds. The standard InChI is InChI=1S/C26H41N5O3S/c1-25(2,3)20-12-19(13-21(15-20)26(4,5)6)14-24(32)28-35(33,34)31(23-16-27-30(8)17-23)18-22-10-9-11-29(22)7/h12-13,15-17,22H,9-11,14,18H2,1-8H3,(H,28,32)/t22-/m0/s1. The molecule has 1 N–H and O–H groups in total. The van der Waals surface area contributed by atoms with E-state index in [9.17, 15) is 13.2 Å². The van der Waals surface area contributed by atoms with Gasteiger partial charge in [0.2, 0.25) is 5.91 Å². The molecule has 1 aromatic heterocycles. The van der Waals surface area contributed by atoms with E-state index in [4.69, 9.17) is 0 Å². The third kappa shape index (κ3) is 6.85. The smallest absolute Gasteiger partial charge is 0.302 e. The van der Waals surface area contributed by atoms with Gasteiger partial charge < -0.3 is 4.90 Å². The van der Waals surface area contributed by atoms with Gasteiger partial charge in [-0.25, -0.2) is 9.03 Å². The highest BCUT2D eigenvalue weighted by Crippen LogP contribution is 2.30. The van der Waals surface area contributed by atoms with Crippen LogP contribution in [0.2, 0.25) is 0 Å². The summed E-state index contributed by atoms with van der Waals surface area (Å²) < 4.78 is 32.0. The van der Waals surface area contributed by atoms with E-state index in [1.54, 1.807) is 17.9 Å². The largest absolute Gasteiger partial charge is 0.326 e. The van der Waals surface area contributed by atoms with Crippen molar-refractivity contribution in [2.75, 3.05) is 24.4 Å². The van der Waals surface area contributed by atoms with Gasteiger partial charge in [0, 0.05) is 19.3 Å². The Morgan fingerprint density at radius 2 is 1.69 bits per heavy atom. The van der Waals surface area contributed by atoms with Crippen molar-refractivity contribution in [3.63, 3.8) is 0 Å². The second-order valence-corrected chi connectivity index (χ2v) is 13.4. The predicted molar refractivity (Wildman–Crippen MR) is 141 cm³/mol. The predicted octanol–water partition coefficient (Wildman–Crippen LogP) is 3.52. The topological polar surface area (TPSA) is 87.5 Å². The first kappa shape index (κ1) is 27.2. The van der Waals surface area contributed by atoms with Gasteiger partial charge in [-0.1, -0.05) is 59.7 Å². The number of carbonyl (C=O) groups excluding carboxylic acids is 1. The molecule has 9 heteroatoms. The van der Waals surface area contributed by atoms with Crippen LogP contribution in [-0.4, -0.2) is 55.2 Å². The Morgan fingerprint density at radius 3 is 2.14 bits per heavy atom. The van der Waals surface area contributed by atoms with Gasteiger partial charge in [0.15, 0.2) is 0 Å². The number of nitrogens with zero attached hydrogens (tertiary/aromatic N) is 4. The normalized spacial score (nSPS) is 17.5. The molecule has 0 saturated carbocycles. The summed E-state index contributed by atoms with van der Waals surface area (Å²) in [6.45, 7) is 14.0. The number of anilines is 1. The molecule has 0 radical (unpaired) electrons. The lowest BCUT2D eigenvalue weighted by Gasteiger charge is -2.29. The van der Waals surface area contributed by atoms with Crippen LogP contribution in [-0.2, 0) is 39.3 Å². The van der Waals surface area contributed by atoms with E-state index >= 15 is 0 Å². The molecular weight excluding hydrogens is 462 g/mol. The highest BCUT2D eigenvalue weighted by molar-refractivity contribution is 7.91. The quantitative estimate of drug-likeness (QED) is 0.625. The Morgan fingerprint density at radius 1 is 1.09 bits per heavy atom. The van der Waals surface area contributed by atoms with E-state index < -0.39 is 16.1 Å². The van der Waals surface area contributed by atoms with E-state index in [-0.39, 0.29) is 29.8 Å². The maximum absolute atomic E-state index is 13.4. The number of likely N-dealkylation sites (N-methyl/N-ethyl adjacent to an activating group) is 1. The summed E-state index contributed by atoms with van der Waals surface area (Å²) in [5, 5.41) is 4.14. The number of rotatable bonds is 7. The minimum absolute atomic E-state index is 0.0174. The number of benzene rings is 1. The molecular formula is C26H41N5O3S. The monoisotopic (exact) mass is 503 g/mol. The third-order valence-electron chi connectivity index (χ3n) is 6.65. The average Bonchev–Trinajstić information content (AvgIpc) is 3.31. The average molecular weight is 504 g/mol. The Labute approximate surface area is 210 Å². The van der Waals surface area contributed by atoms with Crippen LogP contribution in [0.15, 0.2) is 30.6 Å². The number of hydrogen-bond donors (Lipinski definition) is 1. The number of aromatic nitrogens is 2. The number of aryl methyl sites for hydroxylation is 1. The van der Waals surface area contributed by atoms with Crippen molar-refractivity contribution in [1.29, 1.82) is 0 Å². The van der Waals surface area contributed by atoms with E-state index in [0.717, 1.165) is 36.1 Å². The summed E-state index contributed by atoms with van der Waals surface area (Å²) in [6.07, 6.45) is 5.08. The zero-order valence-electron chi connectivity index (χ0n) is 22.4. The summed E-state index contributed by atoms with van der Waals surface area (Å²) in [5.74, 6) is -0.551. The fraction of sp³-hybridized carbons (Fsp3) is 0.615. The van der Waals surface area contributed by atoms with E-state index in [2.05, 4.69) is 62.3 Å². The number of amides is 1. The molecule has 1 saturated heterocycles. The fourth-order valence-electron chi connectivity index (χ4n) is 4.36. The summed E-state index contributed by atoms with van der Waals surface area (Å²) in [7, 11) is -0.377.